The first-order chi connectivity index (χ1) is 11.2. The smallest absolute Gasteiger partial charge is 0.325 e. The fourth-order valence-electron chi connectivity index (χ4n) is 3.12. The molecule has 0 unspecified atom stereocenters. The number of ether oxygens (including phenoxy) is 2. The van der Waals surface area contributed by atoms with E-state index in [9.17, 15) is 18.0 Å². The fraction of sp³-hybridized carbons (Fsp3) is 0.500. The normalized spacial score (nSPS) is 21.8. The predicted molar refractivity (Wildman–Crippen MR) is 88.5 cm³/mol. The second kappa shape index (κ2) is 6.72. The van der Waals surface area contributed by atoms with Gasteiger partial charge < -0.3 is 9.47 Å². The summed E-state index contributed by atoms with van der Waals surface area (Å²) in [5.74, 6) is -2.61. The van der Waals surface area contributed by atoms with Gasteiger partial charge in [0.1, 0.15) is 0 Å². The summed E-state index contributed by atoms with van der Waals surface area (Å²) in [4.78, 5) is 25.1. The molecule has 0 bridgehead atoms. The van der Waals surface area contributed by atoms with Crippen molar-refractivity contribution in [3.8, 4) is 0 Å². The van der Waals surface area contributed by atoms with Gasteiger partial charge in [-0.25, -0.2) is 8.42 Å². The number of halogens is 1. The minimum Gasteiger partial charge on any atom is -0.465 e. The minimum atomic E-state index is -3.71. The van der Waals surface area contributed by atoms with Gasteiger partial charge in [0.25, 0.3) is 0 Å². The molecule has 2 rings (SSSR count). The van der Waals surface area contributed by atoms with Gasteiger partial charge in [-0.2, -0.15) is 0 Å². The van der Waals surface area contributed by atoms with E-state index in [0.717, 1.165) is 6.26 Å². The maximum atomic E-state index is 12.5. The molecule has 1 saturated carbocycles. The summed E-state index contributed by atoms with van der Waals surface area (Å²) in [6.45, 7) is 3.24. The van der Waals surface area contributed by atoms with E-state index in [1.54, 1.807) is 38.1 Å². The Bertz CT molecular complexity index is 722. The molecule has 0 heterocycles. The van der Waals surface area contributed by atoms with Crippen LogP contribution in [0.15, 0.2) is 24.3 Å². The number of benzene rings is 1. The van der Waals surface area contributed by atoms with Crippen molar-refractivity contribution >= 4 is 33.4 Å². The average Bonchev–Trinajstić information content (AvgIpc) is 3.20. The van der Waals surface area contributed by atoms with Crippen molar-refractivity contribution in [1.82, 2.24) is 0 Å². The Hall–Kier alpha value is -1.60. The first-order valence-electron chi connectivity index (χ1n) is 7.50. The number of carbonyl (C=O) groups excluding carboxylic acids is 2. The highest BCUT2D eigenvalue weighted by atomic mass is 35.5. The van der Waals surface area contributed by atoms with Gasteiger partial charge in [0.05, 0.1) is 18.5 Å². The molecule has 1 fully saturated rings. The Balaban J connectivity index is 2.58. The van der Waals surface area contributed by atoms with Crippen LogP contribution in [0.3, 0.4) is 0 Å². The maximum Gasteiger partial charge on any atom is 0.325 e. The topological polar surface area (TPSA) is 86.7 Å². The molecular formula is C16H19ClO6S. The van der Waals surface area contributed by atoms with Gasteiger partial charge in [-0.3, -0.25) is 9.59 Å². The van der Waals surface area contributed by atoms with Gasteiger partial charge in [0.15, 0.2) is 15.3 Å². The lowest BCUT2D eigenvalue weighted by Gasteiger charge is -2.15. The number of rotatable bonds is 6. The number of hydrogen-bond donors (Lipinski definition) is 0. The Morgan fingerprint density at radius 1 is 1.08 bits per heavy atom. The van der Waals surface area contributed by atoms with Crippen molar-refractivity contribution < 1.29 is 27.5 Å². The molecule has 8 heteroatoms. The lowest BCUT2D eigenvalue weighted by atomic mass is 9.99. The first-order valence-corrected chi connectivity index (χ1v) is 9.83. The van der Waals surface area contributed by atoms with Gasteiger partial charge in [-0.1, -0.05) is 23.7 Å². The predicted octanol–water partition coefficient (Wildman–Crippen LogP) is 1.96. The maximum absolute atomic E-state index is 12.5. The van der Waals surface area contributed by atoms with Gasteiger partial charge in [-0.05, 0) is 31.5 Å². The molecule has 0 amide bonds. The van der Waals surface area contributed by atoms with Crippen LogP contribution < -0.4 is 0 Å². The Morgan fingerprint density at radius 2 is 1.54 bits per heavy atom. The minimum absolute atomic E-state index is 0.0316. The highest BCUT2D eigenvalue weighted by Gasteiger charge is 2.80. The molecule has 0 spiro atoms. The van der Waals surface area contributed by atoms with E-state index in [0.29, 0.717) is 10.6 Å². The summed E-state index contributed by atoms with van der Waals surface area (Å²) in [5, 5.41) is -0.752. The van der Waals surface area contributed by atoms with E-state index in [1.165, 1.54) is 0 Å². The number of hydrogen-bond acceptors (Lipinski definition) is 6. The number of esters is 2. The van der Waals surface area contributed by atoms with Crippen LogP contribution in [0.5, 0.6) is 0 Å². The second-order valence-corrected chi connectivity index (χ2v) is 8.19. The van der Waals surface area contributed by atoms with Crippen LogP contribution >= 0.6 is 11.6 Å². The summed E-state index contributed by atoms with van der Waals surface area (Å²) in [6.07, 6.45) is 1.00. The van der Waals surface area contributed by atoms with E-state index >= 15 is 0 Å². The molecule has 0 radical (unpaired) electrons. The van der Waals surface area contributed by atoms with Crippen molar-refractivity contribution in [3.05, 3.63) is 34.9 Å². The third-order valence-corrected chi connectivity index (χ3v) is 5.87. The van der Waals surface area contributed by atoms with Crippen molar-refractivity contribution in [2.45, 2.75) is 25.0 Å². The van der Waals surface area contributed by atoms with Crippen molar-refractivity contribution in [2.75, 3.05) is 19.5 Å². The van der Waals surface area contributed by atoms with E-state index in [-0.39, 0.29) is 13.2 Å². The zero-order valence-corrected chi connectivity index (χ0v) is 15.2. The largest absolute Gasteiger partial charge is 0.465 e. The van der Waals surface area contributed by atoms with Crippen LogP contribution in [0, 0.1) is 5.41 Å². The molecular weight excluding hydrogens is 356 g/mol. The van der Waals surface area contributed by atoms with E-state index < -0.39 is 38.4 Å². The summed E-state index contributed by atoms with van der Waals surface area (Å²) >= 11 is 5.86. The van der Waals surface area contributed by atoms with E-state index in [4.69, 9.17) is 21.1 Å². The van der Waals surface area contributed by atoms with Gasteiger partial charge in [-0.15, -0.1) is 0 Å². The zero-order chi connectivity index (χ0) is 18.1. The van der Waals surface area contributed by atoms with Crippen molar-refractivity contribution in [2.24, 2.45) is 5.41 Å². The second-order valence-electron chi connectivity index (χ2n) is 5.59. The molecule has 132 valence electrons. The standard InChI is InChI=1S/C16H19ClO6S/c1-4-22-14(18)16(15(19)23-5-2)12(13(16)24(3,20)21)10-6-8-11(17)9-7-10/h6-9,12-13H,4-5H2,1-3H3/t12-,13+/m0/s1. The molecule has 6 nitrogen and oxygen atoms in total. The molecule has 1 aromatic rings. The van der Waals surface area contributed by atoms with Gasteiger partial charge in [0, 0.05) is 17.2 Å². The molecule has 1 aliphatic carbocycles. The van der Waals surface area contributed by atoms with Crippen LogP contribution in [0.25, 0.3) is 0 Å². The first kappa shape index (κ1) is 18.7. The fourth-order valence-corrected chi connectivity index (χ4v) is 5.05. The monoisotopic (exact) mass is 374 g/mol. The number of carbonyl (C=O) groups is 2. The lowest BCUT2D eigenvalue weighted by molar-refractivity contribution is -0.164. The van der Waals surface area contributed by atoms with Crippen LogP contribution in [0.4, 0.5) is 0 Å². The third kappa shape index (κ3) is 3.02. The summed E-state index contributed by atoms with van der Waals surface area (Å²) < 4.78 is 34.5. The van der Waals surface area contributed by atoms with Crippen LogP contribution in [0.2, 0.25) is 5.02 Å². The molecule has 0 saturated heterocycles. The quantitative estimate of drug-likeness (QED) is 0.558. The van der Waals surface area contributed by atoms with Gasteiger partial charge >= 0.3 is 11.9 Å². The summed E-state index contributed by atoms with van der Waals surface area (Å²) in [5.41, 5.74) is -1.34. The third-order valence-electron chi connectivity index (χ3n) is 4.05. The van der Waals surface area contributed by atoms with E-state index in [2.05, 4.69) is 0 Å². The molecule has 24 heavy (non-hydrogen) atoms. The molecule has 0 N–H and O–H groups in total. The van der Waals surface area contributed by atoms with Crippen LogP contribution in [0.1, 0.15) is 25.3 Å². The summed E-state index contributed by atoms with van der Waals surface area (Å²) in [7, 11) is -3.71. The molecule has 0 aromatic heterocycles. The van der Waals surface area contributed by atoms with Crippen LogP contribution in [-0.2, 0) is 28.9 Å². The number of sulfone groups is 1. The molecule has 1 aromatic carbocycles. The highest BCUT2D eigenvalue weighted by Crippen LogP contribution is 2.64. The van der Waals surface area contributed by atoms with Gasteiger partial charge in [0.2, 0.25) is 0 Å². The summed E-state index contributed by atoms with van der Waals surface area (Å²) in [6, 6.07) is 6.36. The molecule has 0 aliphatic heterocycles. The highest BCUT2D eigenvalue weighted by molar-refractivity contribution is 7.91. The van der Waals surface area contributed by atoms with Crippen molar-refractivity contribution in [3.63, 3.8) is 0 Å². The van der Waals surface area contributed by atoms with E-state index in [1.807, 2.05) is 0 Å². The van der Waals surface area contributed by atoms with Crippen LogP contribution in [-0.4, -0.2) is 45.1 Å². The Morgan fingerprint density at radius 3 is 1.92 bits per heavy atom. The Labute approximate surface area is 146 Å². The molecule has 2 atom stereocenters. The zero-order valence-electron chi connectivity index (χ0n) is 13.6. The average molecular weight is 375 g/mol. The lowest BCUT2D eigenvalue weighted by Crippen LogP contribution is -2.35. The molecule has 1 aliphatic rings. The SMILES string of the molecule is CCOC(=O)C1(C(=O)OCC)[C@H](S(C)(=O)=O)[C@@H]1c1ccc(Cl)cc1. The van der Waals surface area contributed by atoms with Crippen molar-refractivity contribution in [1.29, 1.82) is 0 Å². The Kier molecular flexibility index (Phi) is 5.25.